The second-order valence-electron chi connectivity index (χ2n) is 6.31. The fraction of sp³-hybridized carbons (Fsp3) is 0.286. The van der Waals surface area contributed by atoms with Crippen molar-refractivity contribution in [3.05, 3.63) is 71.0 Å². The molecule has 0 saturated carbocycles. The highest BCUT2D eigenvalue weighted by Crippen LogP contribution is 2.32. The van der Waals surface area contributed by atoms with Gasteiger partial charge < -0.3 is 10.1 Å². The first-order chi connectivity index (χ1) is 12.6. The standard InChI is InChI=1S/C21H23FN2O2/c1-24(21(25)26-2)19-8-6-15(7-9-19)20(16-10-12-23-13-11-16)17-4-3-5-18(22)14-17/h3-9,14,23H,10-13H2,1-2H3. The minimum Gasteiger partial charge on any atom is -0.452 e. The third-order valence-electron chi connectivity index (χ3n) is 4.67. The van der Waals surface area contributed by atoms with Crippen LogP contribution in [0.2, 0.25) is 0 Å². The number of methoxy groups -OCH3 is 1. The van der Waals surface area contributed by atoms with E-state index in [9.17, 15) is 9.18 Å². The van der Waals surface area contributed by atoms with Gasteiger partial charge in [-0.15, -0.1) is 0 Å². The maximum atomic E-state index is 13.8. The Morgan fingerprint density at radius 2 is 1.77 bits per heavy atom. The van der Waals surface area contributed by atoms with Gasteiger partial charge in [0.25, 0.3) is 0 Å². The Morgan fingerprint density at radius 1 is 1.08 bits per heavy atom. The van der Waals surface area contributed by atoms with Crippen LogP contribution in [-0.2, 0) is 4.74 Å². The van der Waals surface area contributed by atoms with E-state index in [2.05, 4.69) is 5.32 Å². The minimum atomic E-state index is -0.417. The molecule has 0 spiro atoms. The summed E-state index contributed by atoms with van der Waals surface area (Å²) in [6, 6.07) is 14.4. The number of nitrogens with zero attached hydrogens (tertiary/aromatic N) is 1. The number of carbonyl (C=O) groups excluding carboxylic acids is 1. The number of ether oxygens (including phenoxy) is 1. The molecular formula is C21H23FN2O2. The summed E-state index contributed by atoms with van der Waals surface area (Å²) in [5.74, 6) is -0.239. The Balaban J connectivity index is 2.01. The van der Waals surface area contributed by atoms with Crippen LogP contribution in [0.1, 0.15) is 24.0 Å². The number of nitrogens with one attached hydrogen (secondary N) is 1. The summed E-state index contributed by atoms with van der Waals surface area (Å²) in [5.41, 5.74) is 5.06. The van der Waals surface area contributed by atoms with Gasteiger partial charge >= 0.3 is 6.09 Å². The summed E-state index contributed by atoms with van der Waals surface area (Å²) in [6.45, 7) is 1.86. The van der Waals surface area contributed by atoms with Gasteiger partial charge in [0.15, 0.2) is 0 Å². The number of rotatable bonds is 3. The Hall–Kier alpha value is -2.66. The number of carbonyl (C=O) groups is 1. The van der Waals surface area contributed by atoms with Gasteiger partial charge in [-0.1, -0.05) is 29.8 Å². The lowest BCUT2D eigenvalue weighted by Crippen LogP contribution is -2.25. The Kier molecular flexibility index (Phi) is 5.68. The van der Waals surface area contributed by atoms with Gasteiger partial charge in [-0.3, -0.25) is 4.90 Å². The van der Waals surface area contributed by atoms with Crippen molar-refractivity contribution in [3.8, 4) is 0 Å². The highest BCUT2D eigenvalue weighted by molar-refractivity contribution is 5.88. The number of hydrogen-bond acceptors (Lipinski definition) is 3. The second-order valence-corrected chi connectivity index (χ2v) is 6.31. The van der Waals surface area contributed by atoms with Crippen molar-refractivity contribution in [3.63, 3.8) is 0 Å². The number of piperidine rings is 1. The molecule has 1 heterocycles. The SMILES string of the molecule is COC(=O)N(C)c1ccc(C(=C2CCNCC2)c2cccc(F)c2)cc1. The molecule has 1 saturated heterocycles. The smallest absolute Gasteiger partial charge is 0.413 e. The largest absolute Gasteiger partial charge is 0.452 e. The third-order valence-corrected chi connectivity index (χ3v) is 4.67. The molecule has 0 radical (unpaired) electrons. The van der Waals surface area contributed by atoms with E-state index < -0.39 is 6.09 Å². The van der Waals surface area contributed by atoms with Crippen LogP contribution in [0, 0.1) is 5.82 Å². The van der Waals surface area contributed by atoms with Crippen molar-refractivity contribution in [1.82, 2.24) is 5.32 Å². The zero-order valence-corrected chi connectivity index (χ0v) is 15.1. The topological polar surface area (TPSA) is 41.6 Å². The third kappa shape index (κ3) is 3.94. The summed E-state index contributed by atoms with van der Waals surface area (Å²) < 4.78 is 18.6. The van der Waals surface area contributed by atoms with E-state index in [0.717, 1.165) is 48.3 Å². The van der Waals surface area contributed by atoms with Crippen LogP contribution in [0.3, 0.4) is 0 Å². The van der Waals surface area contributed by atoms with Crippen molar-refractivity contribution in [2.45, 2.75) is 12.8 Å². The molecule has 2 aromatic carbocycles. The fourth-order valence-electron chi connectivity index (χ4n) is 3.29. The molecule has 5 heteroatoms. The maximum Gasteiger partial charge on any atom is 0.413 e. The van der Waals surface area contributed by atoms with Crippen LogP contribution in [0.5, 0.6) is 0 Å². The average molecular weight is 354 g/mol. The van der Waals surface area contributed by atoms with Gasteiger partial charge in [-0.2, -0.15) is 0 Å². The van der Waals surface area contributed by atoms with Crippen LogP contribution in [-0.4, -0.2) is 33.3 Å². The number of amides is 1. The number of hydrogen-bond donors (Lipinski definition) is 1. The van der Waals surface area contributed by atoms with Gasteiger partial charge in [0.1, 0.15) is 5.82 Å². The summed E-state index contributed by atoms with van der Waals surface area (Å²) >= 11 is 0. The zero-order valence-electron chi connectivity index (χ0n) is 15.1. The Labute approximate surface area is 153 Å². The minimum absolute atomic E-state index is 0.239. The molecule has 0 unspecified atom stereocenters. The molecule has 26 heavy (non-hydrogen) atoms. The second kappa shape index (κ2) is 8.15. The number of anilines is 1. The molecule has 1 aliphatic rings. The Bertz CT molecular complexity index is 807. The predicted octanol–water partition coefficient (Wildman–Crippen LogP) is 4.21. The molecule has 1 amide bonds. The number of benzene rings is 2. The van der Waals surface area contributed by atoms with Gasteiger partial charge in [-0.25, -0.2) is 9.18 Å². The van der Waals surface area contributed by atoms with Crippen LogP contribution in [0.4, 0.5) is 14.9 Å². The molecule has 0 atom stereocenters. The summed E-state index contributed by atoms with van der Waals surface area (Å²) in [7, 11) is 3.02. The maximum absolute atomic E-state index is 13.8. The van der Waals surface area contributed by atoms with Crippen LogP contribution < -0.4 is 10.2 Å². The van der Waals surface area contributed by atoms with Crippen molar-refractivity contribution < 1.29 is 13.9 Å². The molecule has 0 aliphatic carbocycles. The summed E-state index contributed by atoms with van der Waals surface area (Å²) in [4.78, 5) is 13.1. The first-order valence-corrected chi connectivity index (χ1v) is 8.71. The van der Waals surface area contributed by atoms with Crippen molar-refractivity contribution in [2.75, 3.05) is 32.1 Å². The molecule has 2 aromatic rings. The molecule has 0 aromatic heterocycles. The lowest BCUT2D eigenvalue weighted by Gasteiger charge is -2.22. The van der Waals surface area contributed by atoms with E-state index in [-0.39, 0.29) is 5.82 Å². The molecule has 0 bridgehead atoms. The predicted molar refractivity (Wildman–Crippen MR) is 102 cm³/mol. The molecule has 1 fully saturated rings. The Morgan fingerprint density at radius 3 is 2.38 bits per heavy atom. The summed E-state index contributed by atoms with van der Waals surface area (Å²) in [5, 5.41) is 3.36. The van der Waals surface area contributed by atoms with Gasteiger partial charge in [0.2, 0.25) is 0 Å². The molecule has 1 aliphatic heterocycles. The highest BCUT2D eigenvalue weighted by Gasteiger charge is 2.16. The van der Waals surface area contributed by atoms with Gasteiger partial charge in [0, 0.05) is 12.7 Å². The fourth-order valence-corrected chi connectivity index (χ4v) is 3.29. The van der Waals surface area contributed by atoms with E-state index in [1.165, 1.54) is 23.6 Å². The van der Waals surface area contributed by atoms with Gasteiger partial charge in [0.05, 0.1) is 7.11 Å². The normalized spacial score (nSPS) is 14.0. The molecule has 136 valence electrons. The highest BCUT2D eigenvalue weighted by atomic mass is 19.1. The number of halogens is 1. The van der Waals surface area contributed by atoms with E-state index >= 15 is 0 Å². The van der Waals surface area contributed by atoms with E-state index in [1.807, 2.05) is 30.3 Å². The lowest BCUT2D eigenvalue weighted by atomic mass is 9.88. The van der Waals surface area contributed by atoms with E-state index in [1.54, 1.807) is 19.2 Å². The first kappa shape index (κ1) is 18.1. The van der Waals surface area contributed by atoms with E-state index in [4.69, 9.17) is 4.74 Å². The lowest BCUT2D eigenvalue weighted by molar-refractivity contribution is 0.180. The van der Waals surface area contributed by atoms with Crippen molar-refractivity contribution in [1.29, 1.82) is 0 Å². The quantitative estimate of drug-likeness (QED) is 0.898. The molecular weight excluding hydrogens is 331 g/mol. The summed E-state index contributed by atoms with van der Waals surface area (Å²) in [6.07, 6.45) is 1.46. The van der Waals surface area contributed by atoms with Crippen molar-refractivity contribution in [2.24, 2.45) is 0 Å². The van der Waals surface area contributed by atoms with Crippen molar-refractivity contribution >= 4 is 17.4 Å². The van der Waals surface area contributed by atoms with Crippen LogP contribution in [0.15, 0.2) is 54.1 Å². The van der Waals surface area contributed by atoms with E-state index in [0.29, 0.717) is 0 Å². The molecule has 1 N–H and O–H groups in total. The van der Waals surface area contributed by atoms with Crippen LogP contribution in [0.25, 0.3) is 5.57 Å². The monoisotopic (exact) mass is 354 g/mol. The van der Waals surface area contributed by atoms with Crippen LogP contribution >= 0.6 is 0 Å². The molecule has 4 nitrogen and oxygen atoms in total. The first-order valence-electron chi connectivity index (χ1n) is 8.71. The van der Waals surface area contributed by atoms with Gasteiger partial charge in [-0.05, 0) is 66.9 Å². The average Bonchev–Trinajstić information content (AvgIpc) is 2.68. The zero-order chi connectivity index (χ0) is 18.5. The molecule has 3 rings (SSSR count).